The molecule has 3 heterocycles. The molecule has 4 rings (SSSR count). The number of hydrogen-bond donors (Lipinski definition) is 3. The van der Waals surface area contributed by atoms with E-state index in [-0.39, 0.29) is 16.6 Å². The molecule has 258 valence electrons. The second kappa shape index (κ2) is 14.7. The summed E-state index contributed by atoms with van der Waals surface area (Å²) in [4.78, 5) is 47.0. The van der Waals surface area contributed by atoms with Gasteiger partial charge in [0, 0.05) is 41.5 Å². The molecule has 0 bridgehead atoms. The van der Waals surface area contributed by atoms with Gasteiger partial charge in [-0.15, -0.1) is 11.3 Å². The number of Topliss-reactive ketones (excluding diaryl/α,β-unsaturated/α-hetero) is 1. The van der Waals surface area contributed by atoms with Crippen molar-refractivity contribution in [3.8, 4) is 16.9 Å². The first-order chi connectivity index (χ1) is 22.5. The number of nitrogen functional groups attached to an aromatic ring is 1. The van der Waals surface area contributed by atoms with Crippen LogP contribution < -0.4 is 20.8 Å². The fourth-order valence-corrected chi connectivity index (χ4v) is 5.87. The Bertz CT molecular complexity index is 1850. The normalized spacial score (nSPS) is 16.7. The van der Waals surface area contributed by atoms with E-state index in [0.29, 0.717) is 22.7 Å². The van der Waals surface area contributed by atoms with Gasteiger partial charge in [-0.1, -0.05) is 5.16 Å². The van der Waals surface area contributed by atoms with Gasteiger partial charge in [0.05, 0.1) is 11.5 Å². The number of carbonyl (C=O) groups is 3. The minimum absolute atomic E-state index is 0.000175. The van der Waals surface area contributed by atoms with Gasteiger partial charge in [0.2, 0.25) is 10.4 Å². The molecule has 1 amide bonds. The second-order valence-corrected chi connectivity index (χ2v) is 13.1. The van der Waals surface area contributed by atoms with Crippen molar-refractivity contribution in [3.05, 3.63) is 59.1 Å². The lowest BCUT2D eigenvalue weighted by Gasteiger charge is -2.51. The Morgan fingerprint density at radius 2 is 2.02 bits per heavy atom. The van der Waals surface area contributed by atoms with Crippen molar-refractivity contribution in [1.82, 2.24) is 10.0 Å². The number of benzene rings is 1. The number of carboxylic acids is 1. The van der Waals surface area contributed by atoms with Crippen LogP contribution in [0.2, 0.25) is 0 Å². The van der Waals surface area contributed by atoms with Crippen LogP contribution in [0.15, 0.2) is 47.1 Å². The third kappa shape index (κ3) is 8.47. The molecular formula is C29H33FN6O10S2. The summed E-state index contributed by atoms with van der Waals surface area (Å²) in [7, 11) is -3.41. The number of oxime groups is 1. The third-order valence-corrected chi connectivity index (χ3v) is 8.54. The maximum Gasteiger partial charge on any atom is 0.351 e. The highest BCUT2D eigenvalue weighted by Gasteiger charge is 2.57. The summed E-state index contributed by atoms with van der Waals surface area (Å²) in [5, 5.41) is 15.2. The molecule has 16 nitrogen and oxygen atoms in total. The number of nitrogens with two attached hydrogens (primary N) is 2. The number of hydroxylamine groups is 2. The van der Waals surface area contributed by atoms with Crippen LogP contribution >= 0.6 is 11.3 Å². The Kier molecular flexibility index (Phi) is 11.1. The van der Waals surface area contributed by atoms with Crippen molar-refractivity contribution in [2.75, 3.05) is 18.9 Å². The highest BCUT2D eigenvalue weighted by Crippen LogP contribution is 2.40. The number of rotatable bonds is 16. The van der Waals surface area contributed by atoms with Gasteiger partial charge in [0.15, 0.2) is 28.5 Å². The number of aromatic nitrogens is 2. The van der Waals surface area contributed by atoms with Crippen LogP contribution in [0.1, 0.15) is 38.1 Å². The zero-order valence-electron chi connectivity index (χ0n) is 26.0. The SMILES string of the molecule is C[n+]1cc(-c2ccc(OC[C@H](O/N=C(\C(=O)C[C@@H]3C(=O)N(OS(=O)(=O)[O-])C3(C)C)c3csc(N)n3)C(=O)O)cc2F)ccc1CCCN. The van der Waals surface area contributed by atoms with Gasteiger partial charge in [0.1, 0.15) is 30.9 Å². The summed E-state index contributed by atoms with van der Waals surface area (Å²) < 4.78 is 59.7. The predicted molar refractivity (Wildman–Crippen MR) is 166 cm³/mol. The summed E-state index contributed by atoms with van der Waals surface area (Å²) >= 11 is 0.948. The molecule has 1 aliphatic rings. The van der Waals surface area contributed by atoms with Crippen molar-refractivity contribution in [1.29, 1.82) is 0 Å². The van der Waals surface area contributed by atoms with E-state index in [1.165, 1.54) is 31.4 Å². The first-order valence-corrected chi connectivity index (χ1v) is 16.5. The lowest BCUT2D eigenvalue weighted by molar-refractivity contribution is -0.678. The minimum atomic E-state index is -5.26. The van der Waals surface area contributed by atoms with E-state index in [9.17, 15) is 32.5 Å². The lowest BCUT2D eigenvalue weighted by Crippen LogP contribution is -2.68. The summed E-state index contributed by atoms with van der Waals surface area (Å²) in [6.07, 6.45) is 1.04. The molecule has 1 aromatic carbocycles. The molecule has 19 heteroatoms. The first-order valence-electron chi connectivity index (χ1n) is 14.3. The Labute approximate surface area is 278 Å². The fourth-order valence-electron chi connectivity index (χ4n) is 4.88. The smallest absolute Gasteiger partial charge is 0.351 e. The number of pyridine rings is 1. The van der Waals surface area contributed by atoms with Crippen molar-refractivity contribution in [2.45, 2.75) is 44.8 Å². The number of halogens is 1. The monoisotopic (exact) mass is 708 g/mol. The van der Waals surface area contributed by atoms with E-state index in [1.54, 1.807) is 12.3 Å². The number of aliphatic carboxylic acids is 1. The van der Waals surface area contributed by atoms with Crippen LogP contribution in [0.3, 0.4) is 0 Å². The summed E-state index contributed by atoms with van der Waals surface area (Å²) in [6.45, 7) is 2.66. The average molecular weight is 709 g/mol. The van der Waals surface area contributed by atoms with Crippen molar-refractivity contribution >= 4 is 50.2 Å². The van der Waals surface area contributed by atoms with E-state index < -0.39 is 70.2 Å². The number of carboxylic acid groups (broad SMARTS) is 1. The van der Waals surface area contributed by atoms with Crippen LogP contribution in [-0.4, -0.2) is 76.3 Å². The van der Waals surface area contributed by atoms with Gasteiger partial charge in [-0.05, 0) is 45.0 Å². The highest BCUT2D eigenvalue weighted by molar-refractivity contribution is 7.80. The van der Waals surface area contributed by atoms with E-state index in [2.05, 4.69) is 14.4 Å². The van der Waals surface area contributed by atoms with Crippen LogP contribution in [0.5, 0.6) is 5.75 Å². The van der Waals surface area contributed by atoms with Crippen LogP contribution in [-0.2, 0) is 47.4 Å². The number of anilines is 1. The highest BCUT2D eigenvalue weighted by atomic mass is 32.3. The van der Waals surface area contributed by atoms with Gasteiger partial charge < -0.3 is 30.7 Å². The Morgan fingerprint density at radius 3 is 2.58 bits per heavy atom. The molecule has 0 aliphatic carbocycles. The predicted octanol–water partition coefficient (Wildman–Crippen LogP) is 1.09. The zero-order chi connectivity index (χ0) is 35.4. The molecule has 1 aliphatic heterocycles. The van der Waals surface area contributed by atoms with E-state index in [0.717, 1.165) is 35.9 Å². The second-order valence-electron chi connectivity index (χ2n) is 11.3. The Hall–Kier alpha value is -4.56. The van der Waals surface area contributed by atoms with Gasteiger partial charge in [-0.25, -0.2) is 27.2 Å². The number of aryl methyl sites for hydroxylation is 2. The standard InChI is InChI=1S/C29H33FN6O10S2/c1-29(2)20(26(38)36(29)46-48(41,42)43)12-23(37)25(22-15-47-28(32)33-22)34-45-24(27(39)40)14-44-18-8-9-19(21(30)11-18)16-6-7-17(5-4-10-31)35(3)13-16/h6-9,11,13,15,20,24H,4-5,10,12,14,31H2,1-3H3,(H3-,32,33,39,40,41,42,43)/b34-25-/t20-,24+/m1/s1. The zero-order valence-corrected chi connectivity index (χ0v) is 27.6. The third-order valence-electron chi connectivity index (χ3n) is 7.54. The van der Waals surface area contributed by atoms with E-state index in [4.69, 9.17) is 21.0 Å². The fraction of sp³-hybridized carbons (Fsp3) is 0.379. The molecule has 5 N–H and O–H groups in total. The summed E-state index contributed by atoms with van der Waals surface area (Å²) in [6, 6.07) is 7.71. The van der Waals surface area contributed by atoms with Gasteiger partial charge >= 0.3 is 5.97 Å². The van der Waals surface area contributed by atoms with Gasteiger partial charge in [0.25, 0.3) is 12.0 Å². The molecule has 1 fully saturated rings. The molecule has 0 saturated carbocycles. The summed E-state index contributed by atoms with van der Waals surface area (Å²) in [5.41, 5.74) is 11.3. The molecule has 1 saturated heterocycles. The van der Waals surface area contributed by atoms with Crippen molar-refractivity contribution in [2.24, 2.45) is 23.9 Å². The van der Waals surface area contributed by atoms with E-state index >= 15 is 4.39 Å². The van der Waals surface area contributed by atoms with Crippen LogP contribution in [0.4, 0.5) is 9.52 Å². The summed E-state index contributed by atoms with van der Waals surface area (Å²) in [5.74, 6) is -5.06. The molecule has 0 spiro atoms. The number of hydrogen-bond acceptors (Lipinski definition) is 14. The lowest BCUT2D eigenvalue weighted by atomic mass is 9.74. The molecule has 2 aromatic heterocycles. The largest absolute Gasteiger partial charge is 0.724 e. The minimum Gasteiger partial charge on any atom is -0.724 e. The van der Waals surface area contributed by atoms with Crippen molar-refractivity contribution in [3.63, 3.8) is 0 Å². The number of ether oxygens (including phenoxy) is 1. The molecule has 48 heavy (non-hydrogen) atoms. The molecular weight excluding hydrogens is 675 g/mol. The molecule has 2 atom stereocenters. The maximum atomic E-state index is 15.1. The molecule has 3 aromatic rings. The Morgan fingerprint density at radius 1 is 1.29 bits per heavy atom. The first kappa shape index (κ1) is 36.3. The molecule has 0 unspecified atom stereocenters. The average Bonchev–Trinajstić information content (AvgIpc) is 3.44. The number of β-lactam (4-membered cyclic amide) rings is 1. The van der Waals surface area contributed by atoms with Gasteiger partial charge in [-0.2, -0.15) is 9.35 Å². The number of thiazole rings is 1. The molecule has 0 radical (unpaired) electrons. The van der Waals surface area contributed by atoms with Crippen LogP contribution in [0, 0.1) is 11.7 Å². The Balaban J connectivity index is 1.47. The quantitative estimate of drug-likeness (QED) is 0.0472. The van der Waals surface area contributed by atoms with Gasteiger partial charge in [-0.3, -0.25) is 9.59 Å². The number of ketones is 1. The van der Waals surface area contributed by atoms with Crippen molar-refractivity contribution < 1.29 is 55.3 Å². The van der Waals surface area contributed by atoms with Crippen LogP contribution in [0.25, 0.3) is 11.1 Å². The van der Waals surface area contributed by atoms with E-state index in [1.807, 2.05) is 17.7 Å². The maximum absolute atomic E-state index is 15.1. The topological polar surface area (TPSA) is 241 Å². The number of amides is 1. The number of carbonyl (C=O) groups excluding carboxylic acids is 2. The number of nitrogens with zero attached hydrogens (tertiary/aromatic N) is 4.